The van der Waals surface area contributed by atoms with Crippen molar-refractivity contribution in [3.8, 4) is 11.8 Å². The molecule has 0 spiro atoms. The first-order chi connectivity index (χ1) is 6.84. The summed E-state index contributed by atoms with van der Waals surface area (Å²) < 4.78 is 0. The Morgan fingerprint density at radius 1 is 1.43 bits per heavy atom. The molecule has 1 aromatic heterocycles. The first-order valence-corrected chi connectivity index (χ1v) is 4.46. The molecule has 3 heteroatoms. The van der Waals surface area contributed by atoms with E-state index in [2.05, 4.69) is 33.2 Å². The van der Waals surface area contributed by atoms with Gasteiger partial charge < -0.3 is 10.3 Å². The highest BCUT2D eigenvalue weighted by atomic mass is 14.9. The van der Waals surface area contributed by atoms with E-state index in [1.54, 1.807) is 12.5 Å². The molecule has 0 bridgehead atoms. The minimum atomic E-state index is 0.804. The fourth-order valence-electron chi connectivity index (χ4n) is 1.24. The van der Waals surface area contributed by atoms with Crippen LogP contribution in [-0.4, -0.2) is 16.5 Å². The normalized spacial score (nSPS) is 14.6. The summed E-state index contributed by atoms with van der Waals surface area (Å²) in [6.45, 7) is 2.85. The Balaban J connectivity index is 2.15. The third-order valence-electron chi connectivity index (χ3n) is 1.88. The molecule has 2 heterocycles. The lowest BCUT2D eigenvalue weighted by molar-refractivity contribution is 0.930. The van der Waals surface area contributed by atoms with Crippen LogP contribution in [0.2, 0.25) is 0 Å². The maximum absolute atomic E-state index is 3.90. The maximum Gasteiger partial charge on any atom is 0.109 e. The summed E-state index contributed by atoms with van der Waals surface area (Å²) in [5.74, 6) is 6.10. The van der Waals surface area contributed by atoms with Gasteiger partial charge in [-0.15, -0.1) is 0 Å². The van der Waals surface area contributed by atoms with Gasteiger partial charge in [0.25, 0.3) is 0 Å². The molecular weight excluding hydrogens is 174 g/mol. The fourth-order valence-corrected chi connectivity index (χ4v) is 1.24. The van der Waals surface area contributed by atoms with Crippen molar-refractivity contribution in [2.24, 2.45) is 0 Å². The van der Waals surface area contributed by atoms with Crippen LogP contribution >= 0.6 is 0 Å². The van der Waals surface area contributed by atoms with Crippen molar-refractivity contribution in [3.63, 3.8) is 0 Å². The van der Waals surface area contributed by atoms with E-state index in [9.17, 15) is 0 Å². The molecule has 1 aliphatic rings. The number of dihydropyridines is 1. The van der Waals surface area contributed by atoms with E-state index in [-0.39, 0.29) is 0 Å². The molecule has 0 atom stereocenters. The summed E-state index contributed by atoms with van der Waals surface area (Å²) in [6, 6.07) is 0. The smallest absolute Gasteiger partial charge is 0.109 e. The van der Waals surface area contributed by atoms with Gasteiger partial charge in [0.15, 0.2) is 0 Å². The highest BCUT2D eigenvalue weighted by molar-refractivity contribution is 5.42. The molecule has 0 amide bonds. The van der Waals surface area contributed by atoms with Gasteiger partial charge in [-0.05, 0) is 30.7 Å². The predicted molar refractivity (Wildman–Crippen MR) is 55.3 cm³/mol. The highest BCUT2D eigenvalue weighted by Crippen LogP contribution is 2.04. The first-order valence-electron chi connectivity index (χ1n) is 4.46. The summed E-state index contributed by atoms with van der Waals surface area (Å²) in [7, 11) is 0. The number of hydrogen-bond donors (Lipinski definition) is 2. The lowest BCUT2D eigenvalue weighted by Gasteiger charge is -2.07. The summed E-state index contributed by atoms with van der Waals surface area (Å²) in [6.07, 6.45) is 7.41. The Kier molecular flexibility index (Phi) is 2.37. The van der Waals surface area contributed by atoms with Crippen molar-refractivity contribution in [1.82, 2.24) is 15.3 Å². The van der Waals surface area contributed by atoms with Gasteiger partial charge in [-0.1, -0.05) is 5.92 Å². The van der Waals surface area contributed by atoms with Gasteiger partial charge in [-0.25, -0.2) is 4.98 Å². The molecule has 0 radical (unpaired) electrons. The molecule has 2 rings (SSSR count). The number of allylic oxidation sites excluding steroid dienone is 2. The number of rotatable bonds is 0. The van der Waals surface area contributed by atoms with Gasteiger partial charge in [-0.3, -0.25) is 0 Å². The number of nitrogens with zero attached hydrogens (tertiary/aromatic N) is 1. The minimum absolute atomic E-state index is 0.804. The van der Waals surface area contributed by atoms with E-state index in [0.717, 1.165) is 17.8 Å². The number of nitrogens with one attached hydrogen (secondary N) is 2. The number of imidazole rings is 1. The van der Waals surface area contributed by atoms with Crippen molar-refractivity contribution in [3.05, 3.63) is 41.6 Å². The molecule has 1 aliphatic heterocycles. The van der Waals surface area contributed by atoms with E-state index in [4.69, 9.17) is 0 Å². The van der Waals surface area contributed by atoms with Crippen LogP contribution in [-0.2, 0) is 0 Å². The molecule has 1 aromatic rings. The topological polar surface area (TPSA) is 40.7 Å². The molecule has 0 fully saturated rings. The van der Waals surface area contributed by atoms with Crippen LogP contribution in [0.15, 0.2) is 35.9 Å². The molecule has 0 aromatic carbocycles. The molecule has 3 nitrogen and oxygen atoms in total. The average Bonchev–Trinajstić information content (AvgIpc) is 2.67. The highest BCUT2D eigenvalue weighted by Gasteiger charge is 1.97. The Hall–Kier alpha value is -1.95. The second kappa shape index (κ2) is 3.84. The third kappa shape index (κ3) is 2.05. The summed E-state index contributed by atoms with van der Waals surface area (Å²) in [5, 5.41) is 3.16. The molecule has 0 saturated carbocycles. The average molecular weight is 185 g/mol. The largest absolute Gasteiger partial charge is 0.386 e. The SMILES string of the molecule is CC1=CNCC(C#Cc2cnc[nH]2)=C1. The summed E-state index contributed by atoms with van der Waals surface area (Å²) in [5.41, 5.74) is 3.14. The number of hydrogen-bond acceptors (Lipinski definition) is 2. The van der Waals surface area contributed by atoms with Gasteiger partial charge in [0.05, 0.1) is 12.5 Å². The molecule has 0 unspecified atom stereocenters. The number of aromatic amines is 1. The zero-order valence-corrected chi connectivity index (χ0v) is 7.96. The standard InChI is InChI=1S/C11H11N3/c1-9-4-10(6-12-5-9)2-3-11-7-13-8-14-11/h4-5,7-8,12H,6H2,1H3,(H,13,14). The van der Waals surface area contributed by atoms with Crippen LogP contribution in [0.3, 0.4) is 0 Å². The molecule has 2 N–H and O–H groups in total. The zero-order chi connectivity index (χ0) is 9.80. The lowest BCUT2D eigenvalue weighted by atomic mass is 10.1. The van der Waals surface area contributed by atoms with Crippen LogP contribution in [0, 0.1) is 11.8 Å². The summed E-state index contributed by atoms with van der Waals surface area (Å²) in [4.78, 5) is 6.84. The van der Waals surface area contributed by atoms with E-state index in [1.165, 1.54) is 5.57 Å². The van der Waals surface area contributed by atoms with Gasteiger partial charge >= 0.3 is 0 Å². The zero-order valence-electron chi connectivity index (χ0n) is 7.96. The first kappa shape index (κ1) is 8.64. The van der Waals surface area contributed by atoms with E-state index < -0.39 is 0 Å². The fraction of sp³-hybridized carbons (Fsp3) is 0.182. The van der Waals surface area contributed by atoms with E-state index >= 15 is 0 Å². The van der Waals surface area contributed by atoms with Crippen LogP contribution in [0.1, 0.15) is 12.6 Å². The van der Waals surface area contributed by atoms with Gasteiger partial charge in [0, 0.05) is 12.1 Å². The van der Waals surface area contributed by atoms with E-state index in [1.807, 2.05) is 13.1 Å². The van der Waals surface area contributed by atoms with Crippen LogP contribution in [0.5, 0.6) is 0 Å². The molecule has 70 valence electrons. The summed E-state index contributed by atoms with van der Waals surface area (Å²) >= 11 is 0. The van der Waals surface area contributed by atoms with Crippen LogP contribution in [0.25, 0.3) is 0 Å². The Morgan fingerprint density at radius 3 is 3.07 bits per heavy atom. The van der Waals surface area contributed by atoms with Gasteiger partial charge in [0.2, 0.25) is 0 Å². The number of H-pyrrole nitrogens is 1. The Morgan fingerprint density at radius 2 is 2.36 bits per heavy atom. The molecule has 0 saturated heterocycles. The Bertz CT molecular complexity index is 427. The molecule has 0 aliphatic carbocycles. The molecule has 14 heavy (non-hydrogen) atoms. The van der Waals surface area contributed by atoms with Gasteiger partial charge in [-0.2, -0.15) is 0 Å². The third-order valence-corrected chi connectivity index (χ3v) is 1.88. The van der Waals surface area contributed by atoms with Crippen molar-refractivity contribution in [2.75, 3.05) is 6.54 Å². The maximum atomic E-state index is 3.90. The van der Waals surface area contributed by atoms with Crippen molar-refractivity contribution in [2.45, 2.75) is 6.92 Å². The van der Waals surface area contributed by atoms with Crippen molar-refractivity contribution < 1.29 is 0 Å². The van der Waals surface area contributed by atoms with Crippen LogP contribution < -0.4 is 5.32 Å². The quantitative estimate of drug-likeness (QED) is 0.596. The van der Waals surface area contributed by atoms with E-state index in [0.29, 0.717) is 0 Å². The predicted octanol–water partition coefficient (Wildman–Crippen LogP) is 1.19. The van der Waals surface area contributed by atoms with Crippen molar-refractivity contribution >= 4 is 0 Å². The second-order valence-electron chi connectivity index (χ2n) is 3.15. The second-order valence-corrected chi connectivity index (χ2v) is 3.15. The van der Waals surface area contributed by atoms with Crippen molar-refractivity contribution in [1.29, 1.82) is 0 Å². The minimum Gasteiger partial charge on any atom is -0.386 e. The Labute approximate surface area is 82.9 Å². The van der Waals surface area contributed by atoms with Crippen LogP contribution in [0.4, 0.5) is 0 Å². The lowest BCUT2D eigenvalue weighted by Crippen LogP contribution is -2.13. The molecular formula is C11H11N3. The number of aromatic nitrogens is 2. The van der Waals surface area contributed by atoms with Gasteiger partial charge in [0.1, 0.15) is 5.69 Å². The monoisotopic (exact) mass is 185 g/mol.